The highest BCUT2D eigenvalue weighted by Crippen LogP contribution is 2.16. The number of carbonyl (C=O) groups excluding carboxylic acids is 1. The van der Waals surface area contributed by atoms with Crippen LogP contribution in [-0.4, -0.2) is 22.4 Å². The molecule has 1 aromatic heterocycles. The van der Waals surface area contributed by atoms with E-state index in [0.29, 0.717) is 30.2 Å². The Bertz CT molecular complexity index is 1010. The zero-order valence-corrected chi connectivity index (χ0v) is 15.2. The average Bonchev–Trinajstić information content (AvgIpc) is 2.69. The number of nitrogens with zero attached hydrogens (tertiary/aromatic N) is 3. The molecular weight excluding hydrogens is 357 g/mol. The van der Waals surface area contributed by atoms with Crippen molar-refractivity contribution in [3.63, 3.8) is 0 Å². The Morgan fingerprint density at radius 1 is 1.11 bits per heavy atom. The van der Waals surface area contributed by atoms with E-state index in [-0.39, 0.29) is 17.4 Å². The van der Waals surface area contributed by atoms with Crippen LogP contribution in [0, 0.1) is 24.1 Å². The monoisotopic (exact) mass is 375 g/mol. The Kier molecular flexibility index (Phi) is 5.92. The quantitative estimate of drug-likeness (QED) is 0.688. The van der Waals surface area contributed by atoms with E-state index >= 15 is 0 Å². The lowest BCUT2D eigenvalue weighted by molar-refractivity contribution is 0.0949. The van der Waals surface area contributed by atoms with E-state index in [1.165, 1.54) is 12.1 Å². The zero-order valence-electron chi connectivity index (χ0n) is 15.2. The Hall–Kier alpha value is -3.79. The minimum atomic E-state index is -0.310. The van der Waals surface area contributed by atoms with E-state index in [9.17, 15) is 9.18 Å². The second-order valence-corrected chi connectivity index (χ2v) is 6.13. The van der Waals surface area contributed by atoms with Crippen LogP contribution in [0.25, 0.3) is 0 Å². The number of aromatic nitrogens is 2. The topological polar surface area (TPSA) is 90.7 Å². The van der Waals surface area contributed by atoms with Crippen LogP contribution in [0.15, 0.2) is 54.6 Å². The zero-order chi connectivity index (χ0) is 19.9. The summed E-state index contributed by atoms with van der Waals surface area (Å²) in [5.41, 5.74) is 2.50. The predicted molar refractivity (Wildman–Crippen MR) is 104 cm³/mol. The minimum absolute atomic E-state index is 0.253. The summed E-state index contributed by atoms with van der Waals surface area (Å²) in [6.45, 7) is 2.12. The van der Waals surface area contributed by atoms with Gasteiger partial charge in [0.25, 0.3) is 5.91 Å². The molecule has 140 valence electrons. The number of aryl methyl sites for hydroxylation is 1. The van der Waals surface area contributed by atoms with Gasteiger partial charge >= 0.3 is 0 Å². The molecule has 2 N–H and O–H groups in total. The number of rotatable bonds is 6. The normalized spacial score (nSPS) is 10.2. The van der Waals surface area contributed by atoms with Crippen molar-refractivity contribution in [2.75, 3.05) is 11.9 Å². The molecule has 7 heteroatoms. The average molecular weight is 375 g/mol. The van der Waals surface area contributed by atoms with Crippen LogP contribution in [0.2, 0.25) is 0 Å². The lowest BCUT2D eigenvalue weighted by atomic mass is 10.1. The molecule has 0 fully saturated rings. The van der Waals surface area contributed by atoms with Crippen LogP contribution in [0.5, 0.6) is 0 Å². The fourth-order valence-corrected chi connectivity index (χ4v) is 2.59. The van der Waals surface area contributed by atoms with E-state index in [1.807, 2.05) is 0 Å². The number of benzene rings is 2. The second kappa shape index (κ2) is 8.73. The maximum Gasteiger partial charge on any atom is 0.270 e. The SMILES string of the molecule is Cc1nc(Nc2ccc(C#N)cc2)cc(C(=O)NCCc2ccc(F)cc2)n1. The van der Waals surface area contributed by atoms with Gasteiger partial charge in [-0.1, -0.05) is 12.1 Å². The molecule has 2 aromatic carbocycles. The largest absolute Gasteiger partial charge is 0.350 e. The molecule has 0 atom stereocenters. The van der Waals surface area contributed by atoms with E-state index in [4.69, 9.17) is 5.26 Å². The van der Waals surface area contributed by atoms with Crippen molar-refractivity contribution in [1.82, 2.24) is 15.3 Å². The third kappa shape index (κ3) is 5.11. The first-order chi connectivity index (χ1) is 13.5. The number of hydrogen-bond acceptors (Lipinski definition) is 5. The van der Waals surface area contributed by atoms with Gasteiger partial charge in [-0.15, -0.1) is 0 Å². The first-order valence-electron chi connectivity index (χ1n) is 8.69. The first kappa shape index (κ1) is 19.0. The van der Waals surface area contributed by atoms with Crippen LogP contribution in [0.4, 0.5) is 15.9 Å². The fraction of sp³-hybridized carbons (Fsp3) is 0.143. The van der Waals surface area contributed by atoms with E-state index in [2.05, 4.69) is 26.7 Å². The molecular formula is C21H18FN5O. The lowest BCUT2D eigenvalue weighted by Gasteiger charge is -2.09. The molecule has 3 aromatic rings. The molecule has 0 aliphatic carbocycles. The summed E-state index contributed by atoms with van der Waals surface area (Å²) in [6.07, 6.45) is 0.590. The van der Waals surface area contributed by atoms with E-state index < -0.39 is 0 Å². The molecule has 0 bridgehead atoms. The Balaban J connectivity index is 1.63. The van der Waals surface area contributed by atoms with Gasteiger partial charge in [-0.05, 0) is 55.3 Å². The Morgan fingerprint density at radius 3 is 2.50 bits per heavy atom. The molecule has 0 aliphatic rings. The highest BCUT2D eigenvalue weighted by molar-refractivity contribution is 5.93. The van der Waals surface area contributed by atoms with Gasteiger partial charge in [0.05, 0.1) is 11.6 Å². The van der Waals surface area contributed by atoms with Gasteiger partial charge in [0.2, 0.25) is 0 Å². The van der Waals surface area contributed by atoms with Gasteiger partial charge in [-0.3, -0.25) is 4.79 Å². The molecule has 0 aliphatic heterocycles. The summed E-state index contributed by atoms with van der Waals surface area (Å²) in [7, 11) is 0. The highest BCUT2D eigenvalue weighted by Gasteiger charge is 2.10. The van der Waals surface area contributed by atoms with Gasteiger partial charge in [-0.2, -0.15) is 5.26 Å². The molecule has 1 heterocycles. The number of nitriles is 1. The van der Waals surface area contributed by atoms with Gasteiger partial charge in [-0.25, -0.2) is 14.4 Å². The summed E-state index contributed by atoms with van der Waals surface area (Å²) in [5.74, 6) is 0.352. The smallest absolute Gasteiger partial charge is 0.270 e. The second-order valence-electron chi connectivity index (χ2n) is 6.13. The van der Waals surface area contributed by atoms with E-state index in [1.54, 1.807) is 49.4 Å². The number of carbonyl (C=O) groups is 1. The third-order valence-electron chi connectivity index (χ3n) is 3.97. The number of halogens is 1. The molecule has 1 amide bonds. The Labute approximate surface area is 162 Å². The number of hydrogen-bond donors (Lipinski definition) is 2. The summed E-state index contributed by atoms with van der Waals surface area (Å²) in [6, 6.07) is 16.7. The standard InChI is InChI=1S/C21H18FN5O/c1-14-25-19(21(28)24-11-10-15-2-6-17(22)7-3-15)12-20(26-14)27-18-8-4-16(13-23)5-9-18/h2-9,12H,10-11H2,1H3,(H,24,28)(H,25,26,27). The third-order valence-corrected chi connectivity index (χ3v) is 3.97. The van der Waals surface area contributed by atoms with Crippen LogP contribution in [-0.2, 0) is 6.42 Å². The number of nitrogens with one attached hydrogen (secondary N) is 2. The van der Waals surface area contributed by atoms with Crippen LogP contribution in [0.3, 0.4) is 0 Å². The summed E-state index contributed by atoms with van der Waals surface area (Å²) in [5, 5.41) is 14.8. The van der Waals surface area contributed by atoms with Crippen molar-refractivity contribution in [2.24, 2.45) is 0 Å². The van der Waals surface area contributed by atoms with Crippen molar-refractivity contribution in [2.45, 2.75) is 13.3 Å². The molecule has 0 saturated heterocycles. The summed E-state index contributed by atoms with van der Waals surface area (Å²) in [4.78, 5) is 20.9. The molecule has 3 rings (SSSR count). The maximum absolute atomic E-state index is 12.9. The highest BCUT2D eigenvalue weighted by atomic mass is 19.1. The Morgan fingerprint density at radius 2 is 1.82 bits per heavy atom. The number of anilines is 2. The molecule has 0 radical (unpaired) electrons. The van der Waals surface area contributed by atoms with Crippen molar-refractivity contribution < 1.29 is 9.18 Å². The van der Waals surface area contributed by atoms with Crippen LogP contribution in [0.1, 0.15) is 27.4 Å². The molecule has 0 saturated carbocycles. The van der Waals surface area contributed by atoms with Crippen LogP contribution >= 0.6 is 0 Å². The van der Waals surface area contributed by atoms with Crippen molar-refractivity contribution in [1.29, 1.82) is 5.26 Å². The van der Waals surface area contributed by atoms with Crippen molar-refractivity contribution >= 4 is 17.4 Å². The van der Waals surface area contributed by atoms with Crippen molar-refractivity contribution in [3.05, 3.63) is 83.1 Å². The van der Waals surface area contributed by atoms with Gasteiger partial charge < -0.3 is 10.6 Å². The van der Waals surface area contributed by atoms with Gasteiger partial charge in [0, 0.05) is 18.3 Å². The van der Waals surface area contributed by atoms with Gasteiger partial charge in [0.15, 0.2) is 0 Å². The minimum Gasteiger partial charge on any atom is -0.350 e. The maximum atomic E-state index is 12.9. The van der Waals surface area contributed by atoms with Gasteiger partial charge in [0.1, 0.15) is 23.2 Å². The summed E-state index contributed by atoms with van der Waals surface area (Å²) < 4.78 is 12.9. The lowest BCUT2D eigenvalue weighted by Crippen LogP contribution is -2.27. The fourth-order valence-electron chi connectivity index (χ4n) is 2.59. The molecule has 6 nitrogen and oxygen atoms in total. The summed E-state index contributed by atoms with van der Waals surface area (Å²) >= 11 is 0. The number of amides is 1. The van der Waals surface area contributed by atoms with Crippen molar-refractivity contribution in [3.8, 4) is 6.07 Å². The van der Waals surface area contributed by atoms with E-state index in [0.717, 1.165) is 11.3 Å². The molecule has 0 spiro atoms. The molecule has 0 unspecified atom stereocenters. The molecule has 28 heavy (non-hydrogen) atoms. The predicted octanol–water partition coefficient (Wildman–Crippen LogP) is 3.51. The van der Waals surface area contributed by atoms with Crippen LogP contribution < -0.4 is 10.6 Å². The first-order valence-corrected chi connectivity index (χ1v) is 8.69.